The van der Waals surface area contributed by atoms with E-state index in [1.54, 1.807) is 19.2 Å². The van der Waals surface area contributed by atoms with Gasteiger partial charge in [0.2, 0.25) is 27.9 Å². The standard InChI is InChI=1S/C25H34N8O2S/c1-16-13-17(2)22(18(3)14-16)29-25-31-23(27-4)30-24(32-25)28-20-9-11-33(12-10-20)15-19-5-7-21(8-6-19)36(26,34)35/h5-8,13-14,20H,9-12,15H2,1-4H3,(H2,26,34,35)(H3,27,28,29,30,31,32). The van der Waals surface area contributed by atoms with Crippen LogP contribution in [0.15, 0.2) is 41.3 Å². The summed E-state index contributed by atoms with van der Waals surface area (Å²) in [6.45, 7) is 8.81. The van der Waals surface area contributed by atoms with Crippen LogP contribution in [0.25, 0.3) is 0 Å². The van der Waals surface area contributed by atoms with Crippen LogP contribution < -0.4 is 21.1 Å². The molecule has 3 aromatic rings. The first-order valence-electron chi connectivity index (χ1n) is 12.0. The maximum atomic E-state index is 11.5. The molecule has 1 aliphatic rings. The lowest BCUT2D eigenvalue weighted by atomic mass is 10.0. The van der Waals surface area contributed by atoms with Gasteiger partial charge in [-0.3, -0.25) is 4.90 Å². The normalized spacial score (nSPS) is 15.0. The number of hydrogen-bond acceptors (Lipinski definition) is 9. The summed E-state index contributed by atoms with van der Waals surface area (Å²) in [5, 5.41) is 15.1. The number of rotatable bonds is 8. The molecule has 0 bridgehead atoms. The Morgan fingerprint density at radius 2 is 1.53 bits per heavy atom. The number of anilines is 4. The molecule has 0 spiro atoms. The topological polar surface area (TPSA) is 138 Å². The number of nitrogens with zero attached hydrogens (tertiary/aromatic N) is 4. The number of likely N-dealkylation sites (tertiary alicyclic amines) is 1. The molecule has 0 atom stereocenters. The molecule has 0 saturated carbocycles. The number of primary sulfonamides is 1. The second-order valence-electron chi connectivity index (χ2n) is 9.34. The Morgan fingerprint density at radius 1 is 0.944 bits per heavy atom. The monoisotopic (exact) mass is 510 g/mol. The molecule has 2 heterocycles. The van der Waals surface area contributed by atoms with Gasteiger partial charge < -0.3 is 16.0 Å². The fraction of sp³-hybridized carbons (Fsp3) is 0.400. The van der Waals surface area contributed by atoms with Crippen LogP contribution in [0.1, 0.15) is 35.1 Å². The number of aromatic nitrogens is 3. The quantitative estimate of drug-likeness (QED) is 0.359. The lowest BCUT2D eigenvalue weighted by Gasteiger charge is -2.32. The minimum atomic E-state index is -3.67. The van der Waals surface area contributed by atoms with Crippen molar-refractivity contribution in [3.05, 3.63) is 58.7 Å². The summed E-state index contributed by atoms with van der Waals surface area (Å²) in [6.07, 6.45) is 1.88. The van der Waals surface area contributed by atoms with Gasteiger partial charge in [0, 0.05) is 38.4 Å². The first kappa shape index (κ1) is 25.8. The second kappa shape index (κ2) is 10.8. The van der Waals surface area contributed by atoms with Crippen molar-refractivity contribution < 1.29 is 8.42 Å². The van der Waals surface area contributed by atoms with E-state index in [9.17, 15) is 8.42 Å². The third kappa shape index (κ3) is 6.48. The van der Waals surface area contributed by atoms with Crippen molar-refractivity contribution in [3.8, 4) is 0 Å². The van der Waals surface area contributed by atoms with E-state index in [0.717, 1.165) is 54.9 Å². The van der Waals surface area contributed by atoms with Crippen molar-refractivity contribution in [2.75, 3.05) is 36.1 Å². The molecule has 0 aliphatic carbocycles. The SMILES string of the molecule is CNc1nc(Nc2c(C)cc(C)cc2C)nc(NC2CCN(Cc3ccc(S(N)(=O)=O)cc3)CC2)n1. The molecule has 11 heteroatoms. The van der Waals surface area contributed by atoms with Gasteiger partial charge in [-0.25, -0.2) is 13.6 Å². The minimum Gasteiger partial charge on any atom is -0.357 e. The van der Waals surface area contributed by atoms with Gasteiger partial charge in [-0.2, -0.15) is 15.0 Å². The Kier molecular flexibility index (Phi) is 7.72. The van der Waals surface area contributed by atoms with Crippen molar-refractivity contribution in [1.29, 1.82) is 0 Å². The highest BCUT2D eigenvalue weighted by atomic mass is 32.2. The van der Waals surface area contributed by atoms with Crippen LogP contribution in [0.2, 0.25) is 0 Å². The van der Waals surface area contributed by atoms with Crippen molar-refractivity contribution in [1.82, 2.24) is 19.9 Å². The first-order chi connectivity index (χ1) is 17.1. The number of benzene rings is 2. The van der Waals surface area contributed by atoms with E-state index < -0.39 is 10.0 Å². The van der Waals surface area contributed by atoms with E-state index >= 15 is 0 Å². The molecule has 1 fully saturated rings. The maximum absolute atomic E-state index is 11.5. The Bertz CT molecular complexity index is 1300. The molecule has 192 valence electrons. The van der Waals surface area contributed by atoms with Gasteiger partial charge in [0.25, 0.3) is 0 Å². The number of piperidine rings is 1. The summed E-state index contributed by atoms with van der Waals surface area (Å²) < 4.78 is 22.9. The lowest BCUT2D eigenvalue weighted by molar-refractivity contribution is 0.211. The Labute approximate surface area is 212 Å². The average Bonchev–Trinajstić information content (AvgIpc) is 2.82. The molecule has 1 aliphatic heterocycles. The Balaban J connectivity index is 1.37. The third-order valence-electron chi connectivity index (χ3n) is 6.35. The molecule has 1 saturated heterocycles. The highest BCUT2D eigenvalue weighted by molar-refractivity contribution is 7.89. The zero-order chi connectivity index (χ0) is 25.9. The molecule has 0 radical (unpaired) electrons. The van der Waals surface area contributed by atoms with Crippen molar-refractivity contribution in [3.63, 3.8) is 0 Å². The molecular weight excluding hydrogens is 476 g/mol. The van der Waals surface area contributed by atoms with Gasteiger partial charge in [0.05, 0.1) is 4.90 Å². The van der Waals surface area contributed by atoms with Gasteiger partial charge in [-0.1, -0.05) is 29.8 Å². The summed E-state index contributed by atoms with van der Waals surface area (Å²) in [6, 6.07) is 11.3. The van der Waals surface area contributed by atoms with E-state index in [-0.39, 0.29) is 10.9 Å². The molecule has 2 aromatic carbocycles. The van der Waals surface area contributed by atoms with E-state index in [2.05, 4.69) is 68.7 Å². The van der Waals surface area contributed by atoms with E-state index in [1.807, 2.05) is 12.1 Å². The summed E-state index contributed by atoms with van der Waals surface area (Å²) in [5.74, 6) is 1.53. The molecule has 0 unspecified atom stereocenters. The van der Waals surface area contributed by atoms with Crippen molar-refractivity contribution >= 4 is 33.6 Å². The van der Waals surface area contributed by atoms with Gasteiger partial charge >= 0.3 is 0 Å². The molecule has 10 nitrogen and oxygen atoms in total. The van der Waals surface area contributed by atoms with E-state index in [1.165, 1.54) is 5.56 Å². The lowest BCUT2D eigenvalue weighted by Crippen LogP contribution is -2.39. The summed E-state index contributed by atoms with van der Waals surface area (Å²) >= 11 is 0. The summed E-state index contributed by atoms with van der Waals surface area (Å²) in [7, 11) is -1.88. The minimum absolute atomic E-state index is 0.133. The number of nitrogens with one attached hydrogen (secondary N) is 3. The largest absolute Gasteiger partial charge is 0.357 e. The predicted molar refractivity (Wildman–Crippen MR) is 143 cm³/mol. The third-order valence-corrected chi connectivity index (χ3v) is 7.28. The zero-order valence-corrected chi connectivity index (χ0v) is 22.0. The zero-order valence-electron chi connectivity index (χ0n) is 21.2. The van der Waals surface area contributed by atoms with E-state index in [4.69, 9.17) is 5.14 Å². The van der Waals surface area contributed by atoms with Gasteiger partial charge in [0.15, 0.2) is 0 Å². The summed E-state index contributed by atoms with van der Waals surface area (Å²) in [5.41, 5.74) is 5.56. The fourth-order valence-electron chi connectivity index (χ4n) is 4.56. The van der Waals surface area contributed by atoms with Crippen LogP contribution in [0.4, 0.5) is 23.5 Å². The van der Waals surface area contributed by atoms with Crippen LogP contribution in [-0.4, -0.2) is 54.4 Å². The maximum Gasteiger partial charge on any atom is 0.238 e. The van der Waals surface area contributed by atoms with Crippen molar-refractivity contribution in [2.24, 2.45) is 5.14 Å². The Morgan fingerprint density at radius 3 is 2.11 bits per heavy atom. The van der Waals surface area contributed by atoms with Crippen LogP contribution in [0, 0.1) is 20.8 Å². The Hall–Kier alpha value is -3.28. The molecule has 0 amide bonds. The number of hydrogen-bond donors (Lipinski definition) is 4. The average molecular weight is 511 g/mol. The number of sulfonamides is 1. The van der Waals surface area contributed by atoms with Crippen molar-refractivity contribution in [2.45, 2.75) is 51.1 Å². The van der Waals surface area contributed by atoms with Gasteiger partial charge in [-0.05, 0) is 62.4 Å². The van der Waals surface area contributed by atoms with Gasteiger partial charge in [0.1, 0.15) is 0 Å². The van der Waals surface area contributed by atoms with E-state index in [0.29, 0.717) is 17.8 Å². The summed E-state index contributed by atoms with van der Waals surface area (Å²) in [4.78, 5) is 16.1. The molecule has 4 rings (SSSR count). The number of nitrogens with two attached hydrogens (primary N) is 1. The molecular formula is C25H34N8O2S. The molecule has 1 aromatic heterocycles. The van der Waals surface area contributed by atoms with Gasteiger partial charge in [-0.15, -0.1) is 0 Å². The first-order valence-corrected chi connectivity index (χ1v) is 13.5. The number of aryl methyl sites for hydroxylation is 3. The van der Waals surface area contributed by atoms with Crippen LogP contribution in [0.5, 0.6) is 0 Å². The fourth-order valence-corrected chi connectivity index (χ4v) is 5.07. The van der Waals surface area contributed by atoms with Crippen LogP contribution in [-0.2, 0) is 16.6 Å². The van der Waals surface area contributed by atoms with Crippen LogP contribution in [0.3, 0.4) is 0 Å². The molecule has 36 heavy (non-hydrogen) atoms. The van der Waals surface area contributed by atoms with Crippen LogP contribution >= 0.6 is 0 Å². The molecule has 5 N–H and O–H groups in total. The highest BCUT2D eigenvalue weighted by Gasteiger charge is 2.21. The second-order valence-corrected chi connectivity index (χ2v) is 10.9. The smallest absolute Gasteiger partial charge is 0.238 e. The predicted octanol–water partition coefficient (Wildman–Crippen LogP) is 3.31. The highest BCUT2D eigenvalue weighted by Crippen LogP contribution is 2.26.